The van der Waals surface area contributed by atoms with Gasteiger partial charge in [-0.1, -0.05) is 33.8 Å². The molecule has 66 valence electrons. The second-order valence-corrected chi connectivity index (χ2v) is 3.30. The van der Waals surface area contributed by atoms with E-state index in [0.717, 1.165) is 19.3 Å². The van der Waals surface area contributed by atoms with Crippen LogP contribution in [0, 0.1) is 11.8 Å². The highest BCUT2D eigenvalue weighted by Gasteiger charge is 2.12. The summed E-state index contributed by atoms with van der Waals surface area (Å²) in [5.41, 5.74) is 0. The van der Waals surface area contributed by atoms with Crippen molar-refractivity contribution in [3.63, 3.8) is 0 Å². The first-order valence-electron chi connectivity index (χ1n) is 4.46. The van der Waals surface area contributed by atoms with Crippen LogP contribution in [-0.4, -0.2) is 0 Å². The lowest BCUT2D eigenvalue weighted by Gasteiger charge is -2.15. The lowest BCUT2D eigenvalue weighted by atomic mass is 9.91. The van der Waals surface area contributed by atoms with Crippen molar-refractivity contribution in [2.45, 2.75) is 40.0 Å². The third-order valence-electron chi connectivity index (χ3n) is 2.32. The van der Waals surface area contributed by atoms with Crippen molar-refractivity contribution >= 4 is 0 Å². The number of allylic oxidation sites excluding steroid dienone is 1. The summed E-state index contributed by atoms with van der Waals surface area (Å²) in [6.07, 6.45) is 2.95. The van der Waals surface area contributed by atoms with Crippen LogP contribution in [0.3, 0.4) is 0 Å². The summed E-state index contributed by atoms with van der Waals surface area (Å²) in [7, 11) is 0. The maximum Gasteiger partial charge on any atom is 0.0958 e. The minimum atomic E-state index is -0.146. The quantitative estimate of drug-likeness (QED) is 0.568. The highest BCUT2D eigenvalue weighted by atomic mass is 19.1. The van der Waals surface area contributed by atoms with E-state index in [4.69, 9.17) is 0 Å². The van der Waals surface area contributed by atoms with Crippen LogP contribution in [0.1, 0.15) is 40.0 Å². The summed E-state index contributed by atoms with van der Waals surface area (Å²) >= 11 is 0. The average Bonchev–Trinajstić information content (AvgIpc) is 1.99. The molecule has 0 fully saturated rings. The molecule has 0 N–H and O–H groups in total. The smallest absolute Gasteiger partial charge is 0.0958 e. The summed E-state index contributed by atoms with van der Waals surface area (Å²) in [5, 5.41) is 0. The first-order valence-corrected chi connectivity index (χ1v) is 4.46. The van der Waals surface area contributed by atoms with Gasteiger partial charge in [-0.3, -0.25) is 0 Å². The normalized spacial score (nSPS) is 16.0. The fraction of sp³-hybridized carbons (Fsp3) is 0.800. The second-order valence-electron chi connectivity index (χ2n) is 3.30. The Morgan fingerprint density at radius 3 is 2.18 bits per heavy atom. The van der Waals surface area contributed by atoms with E-state index < -0.39 is 0 Å². The third-order valence-corrected chi connectivity index (χ3v) is 2.32. The fourth-order valence-corrected chi connectivity index (χ4v) is 1.17. The number of hydrogen-bond donors (Lipinski definition) is 0. The molecule has 2 atom stereocenters. The number of halogens is 1. The second kappa shape index (κ2) is 5.34. The largest absolute Gasteiger partial charge is 0.212 e. The Kier molecular flexibility index (Phi) is 5.18. The summed E-state index contributed by atoms with van der Waals surface area (Å²) in [4.78, 5) is 0. The van der Waals surface area contributed by atoms with Crippen LogP contribution in [-0.2, 0) is 0 Å². The molecule has 11 heavy (non-hydrogen) atoms. The van der Waals surface area contributed by atoms with Gasteiger partial charge in [0.25, 0.3) is 0 Å². The standard InChI is InChI=1S/C10H19F/c1-5-8(3)7-10(6-2)9(4)11/h8,10H,4-7H2,1-3H3/t8-,10?/m1/s1. The Balaban J connectivity index is 3.77. The van der Waals surface area contributed by atoms with E-state index in [-0.39, 0.29) is 11.7 Å². The van der Waals surface area contributed by atoms with Crippen molar-refractivity contribution in [3.8, 4) is 0 Å². The minimum Gasteiger partial charge on any atom is -0.212 e. The molecule has 1 unspecified atom stereocenters. The molecular formula is C10H19F. The molecular weight excluding hydrogens is 139 g/mol. The van der Waals surface area contributed by atoms with Crippen LogP contribution in [0.2, 0.25) is 0 Å². The monoisotopic (exact) mass is 158 g/mol. The van der Waals surface area contributed by atoms with Crippen LogP contribution >= 0.6 is 0 Å². The molecule has 0 radical (unpaired) electrons. The first-order chi connectivity index (χ1) is 5.11. The number of hydrogen-bond acceptors (Lipinski definition) is 0. The van der Waals surface area contributed by atoms with Crippen LogP contribution in [0.5, 0.6) is 0 Å². The Hall–Kier alpha value is -0.330. The van der Waals surface area contributed by atoms with Crippen LogP contribution < -0.4 is 0 Å². The molecule has 0 saturated carbocycles. The van der Waals surface area contributed by atoms with Crippen LogP contribution in [0.4, 0.5) is 4.39 Å². The van der Waals surface area contributed by atoms with Gasteiger partial charge in [-0.2, -0.15) is 0 Å². The van der Waals surface area contributed by atoms with Gasteiger partial charge in [-0.05, 0) is 18.8 Å². The van der Waals surface area contributed by atoms with E-state index in [2.05, 4.69) is 20.4 Å². The Labute approximate surface area is 69.5 Å². The zero-order valence-corrected chi connectivity index (χ0v) is 7.86. The van der Waals surface area contributed by atoms with Gasteiger partial charge >= 0.3 is 0 Å². The third kappa shape index (κ3) is 4.18. The SMILES string of the molecule is C=C(F)C(CC)C[C@H](C)CC. The molecule has 0 amide bonds. The van der Waals surface area contributed by atoms with Crippen molar-refractivity contribution in [1.29, 1.82) is 0 Å². The fourth-order valence-electron chi connectivity index (χ4n) is 1.17. The molecule has 0 aliphatic heterocycles. The summed E-state index contributed by atoms with van der Waals surface area (Å²) in [6.45, 7) is 9.65. The predicted molar refractivity (Wildman–Crippen MR) is 48.1 cm³/mol. The highest BCUT2D eigenvalue weighted by Crippen LogP contribution is 2.24. The van der Waals surface area contributed by atoms with Gasteiger partial charge in [0, 0.05) is 5.92 Å². The van der Waals surface area contributed by atoms with E-state index >= 15 is 0 Å². The van der Waals surface area contributed by atoms with Crippen LogP contribution in [0.25, 0.3) is 0 Å². The van der Waals surface area contributed by atoms with Gasteiger partial charge in [0.15, 0.2) is 0 Å². The topological polar surface area (TPSA) is 0 Å². The molecule has 0 aromatic rings. The van der Waals surface area contributed by atoms with Gasteiger partial charge in [-0.15, -0.1) is 0 Å². The summed E-state index contributed by atoms with van der Waals surface area (Å²) in [5.74, 6) is 0.560. The average molecular weight is 158 g/mol. The maximum absolute atomic E-state index is 12.7. The first kappa shape index (κ1) is 10.7. The van der Waals surface area contributed by atoms with E-state index in [1.807, 2.05) is 6.92 Å². The molecule has 0 heterocycles. The number of rotatable bonds is 5. The van der Waals surface area contributed by atoms with E-state index in [9.17, 15) is 4.39 Å². The zero-order valence-electron chi connectivity index (χ0n) is 7.86. The molecule has 0 aliphatic rings. The zero-order chi connectivity index (χ0) is 8.85. The van der Waals surface area contributed by atoms with Crippen LogP contribution in [0.15, 0.2) is 12.4 Å². The Bertz CT molecular complexity index is 118. The van der Waals surface area contributed by atoms with Crippen molar-refractivity contribution in [2.24, 2.45) is 11.8 Å². The molecule has 0 spiro atoms. The summed E-state index contributed by atoms with van der Waals surface area (Å²) < 4.78 is 12.7. The summed E-state index contributed by atoms with van der Waals surface area (Å²) in [6, 6.07) is 0. The Morgan fingerprint density at radius 2 is 1.91 bits per heavy atom. The minimum absolute atomic E-state index is 0.0879. The predicted octanol–water partition coefficient (Wildman–Crippen LogP) is 3.93. The molecule has 0 aliphatic carbocycles. The molecule has 0 aromatic heterocycles. The van der Waals surface area contributed by atoms with Crippen molar-refractivity contribution in [1.82, 2.24) is 0 Å². The van der Waals surface area contributed by atoms with E-state index in [1.54, 1.807) is 0 Å². The molecule has 1 heteroatoms. The van der Waals surface area contributed by atoms with Gasteiger partial charge in [0.2, 0.25) is 0 Å². The van der Waals surface area contributed by atoms with Crippen molar-refractivity contribution < 1.29 is 4.39 Å². The molecule has 0 saturated heterocycles. The van der Waals surface area contributed by atoms with E-state index in [0.29, 0.717) is 5.92 Å². The van der Waals surface area contributed by atoms with E-state index in [1.165, 1.54) is 0 Å². The molecule has 0 rings (SSSR count). The van der Waals surface area contributed by atoms with Crippen molar-refractivity contribution in [2.75, 3.05) is 0 Å². The van der Waals surface area contributed by atoms with Gasteiger partial charge in [-0.25, -0.2) is 4.39 Å². The van der Waals surface area contributed by atoms with Gasteiger partial charge < -0.3 is 0 Å². The van der Waals surface area contributed by atoms with Crippen molar-refractivity contribution in [3.05, 3.63) is 12.4 Å². The van der Waals surface area contributed by atoms with Gasteiger partial charge in [0.05, 0.1) is 5.83 Å². The Morgan fingerprint density at radius 1 is 1.36 bits per heavy atom. The highest BCUT2D eigenvalue weighted by molar-refractivity contribution is 4.89. The molecule has 0 aromatic carbocycles. The maximum atomic E-state index is 12.7. The lowest BCUT2D eigenvalue weighted by molar-refractivity contribution is 0.362. The lowest BCUT2D eigenvalue weighted by Crippen LogP contribution is -2.04. The molecule has 0 nitrogen and oxygen atoms in total. The molecule has 0 bridgehead atoms. The van der Waals surface area contributed by atoms with Gasteiger partial charge in [0.1, 0.15) is 0 Å².